The first-order valence-corrected chi connectivity index (χ1v) is 7.11. The van der Waals surface area contributed by atoms with Crippen molar-refractivity contribution in [1.29, 1.82) is 0 Å². The SMILES string of the molecule is CCCNCc1nccn1CC1CCCCC1. The van der Waals surface area contributed by atoms with Gasteiger partial charge < -0.3 is 9.88 Å². The van der Waals surface area contributed by atoms with Gasteiger partial charge in [-0.2, -0.15) is 0 Å². The van der Waals surface area contributed by atoms with Crippen molar-refractivity contribution in [3.63, 3.8) is 0 Å². The van der Waals surface area contributed by atoms with E-state index >= 15 is 0 Å². The van der Waals surface area contributed by atoms with Gasteiger partial charge in [-0.3, -0.25) is 0 Å². The minimum atomic E-state index is 0.878. The molecule has 1 saturated carbocycles. The van der Waals surface area contributed by atoms with Crippen molar-refractivity contribution in [2.24, 2.45) is 5.92 Å². The molecule has 3 nitrogen and oxygen atoms in total. The Hall–Kier alpha value is -0.830. The third-order valence-corrected chi connectivity index (χ3v) is 3.69. The van der Waals surface area contributed by atoms with Crippen LogP contribution in [0.5, 0.6) is 0 Å². The summed E-state index contributed by atoms with van der Waals surface area (Å²) >= 11 is 0. The number of nitrogens with zero attached hydrogens (tertiary/aromatic N) is 2. The van der Waals surface area contributed by atoms with Crippen LogP contribution in [0.2, 0.25) is 0 Å². The molecule has 1 fully saturated rings. The van der Waals surface area contributed by atoms with Crippen molar-refractivity contribution in [3.05, 3.63) is 18.2 Å². The smallest absolute Gasteiger partial charge is 0.122 e. The lowest BCUT2D eigenvalue weighted by molar-refractivity contribution is 0.315. The van der Waals surface area contributed by atoms with Crippen molar-refractivity contribution in [2.75, 3.05) is 6.54 Å². The van der Waals surface area contributed by atoms with E-state index in [1.807, 2.05) is 6.20 Å². The minimum absolute atomic E-state index is 0.878. The molecule has 0 saturated heterocycles. The average molecular weight is 235 g/mol. The predicted molar refractivity (Wildman–Crippen MR) is 70.8 cm³/mol. The maximum atomic E-state index is 4.45. The summed E-state index contributed by atoms with van der Waals surface area (Å²) in [6.07, 6.45) is 12.3. The van der Waals surface area contributed by atoms with E-state index in [1.165, 1.54) is 50.9 Å². The Morgan fingerprint density at radius 1 is 1.35 bits per heavy atom. The first-order chi connectivity index (χ1) is 8.40. The average Bonchev–Trinajstić information content (AvgIpc) is 2.79. The zero-order valence-electron chi connectivity index (χ0n) is 11.0. The van der Waals surface area contributed by atoms with Crippen LogP contribution in [0, 0.1) is 5.92 Å². The Bertz CT molecular complexity index is 313. The second-order valence-corrected chi connectivity index (χ2v) is 5.18. The van der Waals surface area contributed by atoms with E-state index in [2.05, 4.69) is 28.0 Å². The third-order valence-electron chi connectivity index (χ3n) is 3.69. The van der Waals surface area contributed by atoms with Gasteiger partial charge in [0.15, 0.2) is 0 Å². The lowest BCUT2D eigenvalue weighted by atomic mass is 9.89. The summed E-state index contributed by atoms with van der Waals surface area (Å²) in [5.74, 6) is 2.08. The molecule has 17 heavy (non-hydrogen) atoms. The fourth-order valence-corrected chi connectivity index (χ4v) is 2.70. The van der Waals surface area contributed by atoms with E-state index in [0.29, 0.717) is 0 Å². The van der Waals surface area contributed by atoms with Gasteiger partial charge in [0.2, 0.25) is 0 Å². The van der Waals surface area contributed by atoms with Crippen LogP contribution in [0.25, 0.3) is 0 Å². The minimum Gasteiger partial charge on any atom is -0.334 e. The van der Waals surface area contributed by atoms with Crippen molar-refractivity contribution in [2.45, 2.75) is 58.5 Å². The molecule has 2 rings (SSSR count). The van der Waals surface area contributed by atoms with Crippen LogP contribution in [0.4, 0.5) is 0 Å². The largest absolute Gasteiger partial charge is 0.334 e. The lowest BCUT2D eigenvalue weighted by Crippen LogP contribution is -2.20. The highest BCUT2D eigenvalue weighted by Gasteiger charge is 2.15. The Labute approximate surface area is 105 Å². The monoisotopic (exact) mass is 235 g/mol. The maximum absolute atomic E-state index is 4.45. The fourth-order valence-electron chi connectivity index (χ4n) is 2.70. The molecule has 3 heteroatoms. The van der Waals surface area contributed by atoms with Crippen molar-refractivity contribution < 1.29 is 0 Å². The molecular weight excluding hydrogens is 210 g/mol. The van der Waals surface area contributed by atoms with Gasteiger partial charge in [0, 0.05) is 18.9 Å². The lowest BCUT2D eigenvalue weighted by Gasteiger charge is -2.22. The van der Waals surface area contributed by atoms with E-state index in [9.17, 15) is 0 Å². The Morgan fingerprint density at radius 2 is 2.18 bits per heavy atom. The number of nitrogens with one attached hydrogen (secondary N) is 1. The normalized spacial score (nSPS) is 17.5. The van der Waals surface area contributed by atoms with Gasteiger partial charge in [0.1, 0.15) is 5.82 Å². The van der Waals surface area contributed by atoms with E-state index in [0.717, 1.165) is 19.0 Å². The van der Waals surface area contributed by atoms with Crippen molar-refractivity contribution in [3.8, 4) is 0 Å². The van der Waals surface area contributed by atoms with Crippen molar-refractivity contribution >= 4 is 0 Å². The second kappa shape index (κ2) is 6.80. The Morgan fingerprint density at radius 3 is 2.94 bits per heavy atom. The summed E-state index contributed by atoms with van der Waals surface area (Å²) in [7, 11) is 0. The molecule has 0 radical (unpaired) electrons. The van der Waals surface area contributed by atoms with Crippen molar-refractivity contribution in [1.82, 2.24) is 14.9 Å². The molecule has 1 heterocycles. The number of hydrogen-bond donors (Lipinski definition) is 1. The second-order valence-electron chi connectivity index (χ2n) is 5.18. The van der Waals surface area contributed by atoms with Crippen LogP contribution in [0.1, 0.15) is 51.3 Å². The first kappa shape index (κ1) is 12.6. The van der Waals surface area contributed by atoms with Gasteiger partial charge in [-0.1, -0.05) is 26.2 Å². The zero-order valence-corrected chi connectivity index (χ0v) is 11.0. The van der Waals surface area contributed by atoms with E-state index in [1.54, 1.807) is 0 Å². The zero-order chi connectivity index (χ0) is 11.9. The summed E-state index contributed by atoms with van der Waals surface area (Å²) in [5, 5.41) is 3.43. The highest BCUT2D eigenvalue weighted by Crippen LogP contribution is 2.25. The van der Waals surface area contributed by atoms with Gasteiger partial charge in [0.25, 0.3) is 0 Å². The molecule has 1 aliphatic carbocycles. The summed E-state index contributed by atoms with van der Waals surface area (Å²) in [6.45, 7) is 5.36. The van der Waals surface area contributed by atoms with E-state index in [4.69, 9.17) is 0 Å². The number of hydrogen-bond acceptors (Lipinski definition) is 2. The first-order valence-electron chi connectivity index (χ1n) is 7.11. The van der Waals surface area contributed by atoms with Crippen LogP contribution in [0.3, 0.4) is 0 Å². The quantitative estimate of drug-likeness (QED) is 0.768. The highest BCUT2D eigenvalue weighted by atomic mass is 15.1. The van der Waals surface area contributed by atoms with E-state index in [-0.39, 0.29) is 0 Å². The highest BCUT2D eigenvalue weighted by molar-refractivity contribution is 4.92. The van der Waals surface area contributed by atoms with Crippen LogP contribution in [-0.4, -0.2) is 16.1 Å². The van der Waals surface area contributed by atoms with E-state index < -0.39 is 0 Å². The van der Waals surface area contributed by atoms with Crippen LogP contribution in [0.15, 0.2) is 12.4 Å². The van der Waals surface area contributed by atoms with Crippen LogP contribution < -0.4 is 5.32 Å². The number of imidazole rings is 1. The maximum Gasteiger partial charge on any atom is 0.122 e. The molecule has 0 aliphatic heterocycles. The van der Waals surface area contributed by atoms with Gasteiger partial charge in [-0.05, 0) is 31.7 Å². The fraction of sp³-hybridized carbons (Fsp3) is 0.786. The Kier molecular flexibility index (Phi) is 5.05. The molecule has 1 aromatic rings. The topological polar surface area (TPSA) is 29.9 Å². The molecule has 1 aliphatic rings. The molecule has 0 bridgehead atoms. The number of rotatable bonds is 6. The molecule has 0 amide bonds. The molecule has 0 unspecified atom stereocenters. The molecule has 96 valence electrons. The molecule has 0 atom stereocenters. The molecular formula is C14H25N3. The number of aromatic nitrogens is 2. The summed E-state index contributed by atoms with van der Waals surface area (Å²) in [6, 6.07) is 0. The Balaban J connectivity index is 1.84. The summed E-state index contributed by atoms with van der Waals surface area (Å²) in [4.78, 5) is 4.45. The van der Waals surface area contributed by atoms with Crippen LogP contribution >= 0.6 is 0 Å². The summed E-state index contributed by atoms with van der Waals surface area (Å²) in [5.41, 5.74) is 0. The molecule has 0 aromatic carbocycles. The molecule has 1 aromatic heterocycles. The summed E-state index contributed by atoms with van der Waals surface area (Å²) < 4.78 is 2.35. The predicted octanol–water partition coefficient (Wildman–Crippen LogP) is 2.96. The molecule has 0 spiro atoms. The van der Waals surface area contributed by atoms with Gasteiger partial charge in [-0.25, -0.2) is 4.98 Å². The third kappa shape index (κ3) is 3.84. The molecule has 1 N–H and O–H groups in total. The standard InChI is InChI=1S/C14H25N3/c1-2-8-15-11-14-16-9-10-17(14)12-13-6-4-3-5-7-13/h9-10,13,15H,2-8,11-12H2,1H3. The van der Waals surface area contributed by atoms with Gasteiger partial charge in [-0.15, -0.1) is 0 Å². The van der Waals surface area contributed by atoms with Crippen LogP contribution in [-0.2, 0) is 13.1 Å². The van der Waals surface area contributed by atoms with Gasteiger partial charge in [0.05, 0.1) is 6.54 Å². The van der Waals surface area contributed by atoms with Gasteiger partial charge >= 0.3 is 0 Å².